The van der Waals surface area contributed by atoms with E-state index in [2.05, 4.69) is 6.58 Å². The third-order valence-electron chi connectivity index (χ3n) is 1.67. The molecule has 1 N–H and O–H groups in total. The van der Waals surface area contributed by atoms with Crippen LogP contribution >= 0.6 is 0 Å². The van der Waals surface area contributed by atoms with Crippen molar-refractivity contribution in [2.24, 2.45) is 0 Å². The molecule has 0 amide bonds. The van der Waals surface area contributed by atoms with Gasteiger partial charge in [-0.05, 0) is 12.8 Å². The second-order valence-corrected chi connectivity index (χ2v) is 4.76. The van der Waals surface area contributed by atoms with Crippen molar-refractivity contribution in [1.29, 1.82) is 0 Å². The van der Waals surface area contributed by atoms with Crippen LogP contribution in [0.3, 0.4) is 0 Å². The SMILES string of the molecule is C=CC(=O)ON(CCC)CCCS(=O)(=O)O. The summed E-state index contributed by atoms with van der Waals surface area (Å²) in [5, 5.41) is 1.36. The Balaban J connectivity index is 4.03. The topological polar surface area (TPSA) is 83.9 Å². The molecule has 6 nitrogen and oxygen atoms in total. The molecule has 0 heterocycles. The predicted octanol–water partition coefficient (Wildman–Crippen LogP) is 0.621. The van der Waals surface area contributed by atoms with Crippen LogP contribution in [0.2, 0.25) is 0 Å². The van der Waals surface area contributed by atoms with Gasteiger partial charge < -0.3 is 4.84 Å². The van der Waals surface area contributed by atoms with E-state index in [1.165, 1.54) is 5.06 Å². The number of carbonyl (C=O) groups is 1. The molecule has 16 heavy (non-hydrogen) atoms. The molecule has 0 unspecified atom stereocenters. The van der Waals surface area contributed by atoms with Crippen LogP contribution in [0.5, 0.6) is 0 Å². The summed E-state index contributed by atoms with van der Waals surface area (Å²) < 4.78 is 29.4. The molecular formula is C9H17NO5S. The number of hydrogen-bond acceptors (Lipinski definition) is 5. The van der Waals surface area contributed by atoms with Gasteiger partial charge in [0.15, 0.2) is 0 Å². The van der Waals surface area contributed by atoms with Crippen LogP contribution in [0.15, 0.2) is 12.7 Å². The smallest absolute Gasteiger partial charge is 0.349 e. The van der Waals surface area contributed by atoms with Crippen LogP contribution in [-0.2, 0) is 19.8 Å². The molecule has 0 rings (SSSR count). The van der Waals surface area contributed by atoms with Crippen LogP contribution in [0.1, 0.15) is 19.8 Å². The summed E-state index contributed by atoms with van der Waals surface area (Å²) in [6, 6.07) is 0. The van der Waals surface area contributed by atoms with Gasteiger partial charge in [-0.25, -0.2) is 4.79 Å². The standard InChI is InChI=1S/C9H17NO5S/c1-3-6-10(15-9(11)4-2)7-5-8-16(12,13)14/h4H,2-3,5-8H2,1H3,(H,12,13,14). The van der Waals surface area contributed by atoms with Crippen molar-refractivity contribution in [1.82, 2.24) is 5.06 Å². The highest BCUT2D eigenvalue weighted by Crippen LogP contribution is 1.98. The molecule has 0 bridgehead atoms. The highest BCUT2D eigenvalue weighted by molar-refractivity contribution is 7.85. The normalized spacial score (nSPS) is 11.4. The molecule has 0 saturated carbocycles. The molecule has 0 aliphatic rings. The van der Waals surface area contributed by atoms with E-state index in [1.54, 1.807) is 0 Å². The Morgan fingerprint density at radius 3 is 2.56 bits per heavy atom. The fraction of sp³-hybridized carbons (Fsp3) is 0.667. The predicted molar refractivity (Wildman–Crippen MR) is 59.2 cm³/mol. The van der Waals surface area contributed by atoms with Crippen LogP contribution in [0.25, 0.3) is 0 Å². The average molecular weight is 251 g/mol. The van der Waals surface area contributed by atoms with Crippen molar-refractivity contribution in [3.05, 3.63) is 12.7 Å². The number of rotatable bonds is 8. The number of nitrogens with zero attached hydrogens (tertiary/aromatic N) is 1. The van der Waals surface area contributed by atoms with Gasteiger partial charge in [0.25, 0.3) is 10.1 Å². The number of hydrogen-bond donors (Lipinski definition) is 1. The molecule has 0 radical (unpaired) electrons. The first-order valence-electron chi connectivity index (χ1n) is 4.93. The van der Waals surface area contributed by atoms with Crippen molar-refractivity contribution < 1.29 is 22.6 Å². The Hall–Kier alpha value is -0.920. The monoisotopic (exact) mass is 251 g/mol. The first kappa shape index (κ1) is 15.1. The Labute approximate surface area is 95.6 Å². The third-order valence-corrected chi connectivity index (χ3v) is 2.47. The molecule has 0 spiro atoms. The van der Waals surface area contributed by atoms with Gasteiger partial charge in [-0.2, -0.15) is 8.42 Å². The molecule has 94 valence electrons. The molecule has 0 aromatic rings. The van der Waals surface area contributed by atoms with Crippen LogP contribution in [-0.4, -0.2) is 42.8 Å². The summed E-state index contributed by atoms with van der Waals surface area (Å²) in [5.74, 6) is -0.931. The summed E-state index contributed by atoms with van der Waals surface area (Å²) in [7, 11) is -3.96. The van der Waals surface area contributed by atoms with E-state index >= 15 is 0 Å². The first-order valence-corrected chi connectivity index (χ1v) is 6.54. The second kappa shape index (κ2) is 7.37. The van der Waals surface area contributed by atoms with Gasteiger partial charge in [0, 0.05) is 19.2 Å². The molecular weight excluding hydrogens is 234 g/mol. The summed E-state index contributed by atoms with van der Waals surface area (Å²) >= 11 is 0. The minimum Gasteiger partial charge on any atom is -0.364 e. The zero-order chi connectivity index (χ0) is 12.6. The minimum absolute atomic E-state index is 0.198. The van der Waals surface area contributed by atoms with Crippen molar-refractivity contribution in [3.63, 3.8) is 0 Å². The maximum absolute atomic E-state index is 10.9. The fourth-order valence-corrected chi connectivity index (χ4v) is 1.53. The van der Waals surface area contributed by atoms with Gasteiger partial charge in [-0.3, -0.25) is 4.55 Å². The molecule has 0 aliphatic carbocycles. The van der Waals surface area contributed by atoms with Crippen molar-refractivity contribution in [3.8, 4) is 0 Å². The quantitative estimate of drug-likeness (QED) is 0.387. The minimum atomic E-state index is -3.96. The van der Waals surface area contributed by atoms with Gasteiger partial charge in [-0.15, -0.1) is 5.06 Å². The summed E-state index contributed by atoms with van der Waals surface area (Å²) in [6.45, 7) is 5.92. The van der Waals surface area contributed by atoms with E-state index in [0.29, 0.717) is 6.54 Å². The fourth-order valence-electron chi connectivity index (χ4n) is 1.04. The van der Waals surface area contributed by atoms with Crippen molar-refractivity contribution >= 4 is 16.1 Å². The van der Waals surface area contributed by atoms with Gasteiger partial charge in [0.1, 0.15) is 0 Å². The lowest BCUT2D eigenvalue weighted by atomic mass is 10.4. The van der Waals surface area contributed by atoms with Gasteiger partial charge in [-0.1, -0.05) is 13.5 Å². The van der Waals surface area contributed by atoms with Gasteiger partial charge in [0.05, 0.1) is 5.75 Å². The number of carbonyl (C=O) groups excluding carboxylic acids is 1. The molecule has 7 heteroatoms. The molecule has 0 fully saturated rings. The molecule has 0 atom stereocenters. The molecule has 0 aromatic heterocycles. The largest absolute Gasteiger partial charge is 0.364 e. The van der Waals surface area contributed by atoms with E-state index in [9.17, 15) is 13.2 Å². The van der Waals surface area contributed by atoms with Crippen LogP contribution in [0.4, 0.5) is 0 Å². The zero-order valence-electron chi connectivity index (χ0n) is 9.26. The Kier molecular flexibility index (Phi) is 6.95. The summed E-state index contributed by atoms with van der Waals surface area (Å²) in [4.78, 5) is 15.8. The Morgan fingerprint density at radius 2 is 2.12 bits per heavy atom. The summed E-state index contributed by atoms with van der Waals surface area (Å²) in [5.41, 5.74) is 0. The van der Waals surface area contributed by atoms with Crippen LogP contribution in [0, 0.1) is 0 Å². The Morgan fingerprint density at radius 1 is 1.50 bits per heavy atom. The van der Waals surface area contributed by atoms with E-state index in [1.807, 2.05) is 6.92 Å². The second-order valence-electron chi connectivity index (χ2n) is 3.18. The Bertz CT molecular complexity index is 325. The molecule has 0 aromatic carbocycles. The lowest BCUT2D eigenvalue weighted by Gasteiger charge is -2.19. The number of hydroxylamine groups is 2. The summed E-state index contributed by atoms with van der Waals surface area (Å²) in [6.07, 6.45) is 1.99. The van der Waals surface area contributed by atoms with Crippen LogP contribution < -0.4 is 0 Å². The average Bonchev–Trinajstić information content (AvgIpc) is 2.15. The highest BCUT2D eigenvalue weighted by Gasteiger charge is 2.10. The maximum atomic E-state index is 10.9. The molecule has 0 aliphatic heterocycles. The van der Waals surface area contributed by atoms with Crippen molar-refractivity contribution in [2.75, 3.05) is 18.8 Å². The zero-order valence-corrected chi connectivity index (χ0v) is 10.1. The van der Waals surface area contributed by atoms with E-state index in [4.69, 9.17) is 9.39 Å². The van der Waals surface area contributed by atoms with Gasteiger partial charge in [0.2, 0.25) is 0 Å². The van der Waals surface area contributed by atoms with Crippen molar-refractivity contribution in [2.45, 2.75) is 19.8 Å². The first-order chi connectivity index (χ1) is 7.39. The van der Waals surface area contributed by atoms with E-state index < -0.39 is 16.1 Å². The highest BCUT2D eigenvalue weighted by atomic mass is 32.2. The maximum Gasteiger partial charge on any atom is 0.349 e. The van der Waals surface area contributed by atoms with Gasteiger partial charge >= 0.3 is 5.97 Å². The van der Waals surface area contributed by atoms with E-state index in [0.717, 1.165) is 12.5 Å². The molecule has 0 saturated heterocycles. The lowest BCUT2D eigenvalue weighted by Crippen LogP contribution is -2.29. The lowest BCUT2D eigenvalue weighted by molar-refractivity contribution is -0.184. The third kappa shape index (κ3) is 8.39. The van der Waals surface area contributed by atoms with E-state index in [-0.39, 0.29) is 18.7 Å².